The molecule has 0 unspecified atom stereocenters. The van der Waals surface area contributed by atoms with E-state index in [2.05, 4.69) is 80.5 Å². The first-order valence-corrected chi connectivity index (χ1v) is 9.38. The van der Waals surface area contributed by atoms with Gasteiger partial charge in [-0.15, -0.1) is 13.2 Å². The van der Waals surface area contributed by atoms with E-state index in [1.54, 1.807) is 0 Å². The van der Waals surface area contributed by atoms with Crippen molar-refractivity contribution in [2.24, 2.45) is 0 Å². The van der Waals surface area contributed by atoms with E-state index in [0.717, 1.165) is 26.6 Å². The Kier molecular flexibility index (Phi) is 30.1. The van der Waals surface area contributed by atoms with Crippen LogP contribution in [0.3, 0.4) is 0 Å². The summed E-state index contributed by atoms with van der Waals surface area (Å²) in [5.74, 6) is 0. The van der Waals surface area contributed by atoms with Crippen LogP contribution in [0.1, 0.15) is 39.7 Å². The van der Waals surface area contributed by atoms with Gasteiger partial charge in [0.15, 0.2) is 0 Å². The van der Waals surface area contributed by atoms with Gasteiger partial charge in [-0.3, -0.25) is 4.39 Å². The van der Waals surface area contributed by atoms with Crippen LogP contribution in [0.5, 0.6) is 0 Å². The Morgan fingerprint density at radius 3 is 2.25 bits per heavy atom. The number of rotatable bonds is 6. The van der Waals surface area contributed by atoms with Crippen molar-refractivity contribution in [2.75, 3.05) is 34.4 Å². The first-order valence-electron chi connectivity index (χ1n) is 9.38. The number of likely N-dealkylation sites (N-methyl/N-ethyl adjacent to an activating group) is 1. The van der Waals surface area contributed by atoms with Gasteiger partial charge >= 0.3 is 0 Å². The van der Waals surface area contributed by atoms with Gasteiger partial charge in [0.2, 0.25) is 0 Å². The number of aromatic nitrogens is 1. The van der Waals surface area contributed by atoms with Crippen molar-refractivity contribution >= 4 is 10.9 Å². The molecule has 5 heteroatoms. The molecule has 5 N–H and O–H groups in total. The summed E-state index contributed by atoms with van der Waals surface area (Å²) in [6, 6.07) is 8.53. The number of aliphatic hydroxyl groups excluding tert-OH is 1. The SMILES string of the molecule is C/C=C(\C)CN(C)CCCc1c[nH]c2ccccc12.C=C.CC.CF.CO.N. The fourth-order valence-electron chi connectivity index (χ4n) is 2.47. The molecule has 1 heterocycles. The molecular weight excluding hydrogens is 353 g/mol. The molecule has 0 fully saturated rings. The van der Waals surface area contributed by atoms with Crippen LogP contribution in [0.2, 0.25) is 0 Å². The summed E-state index contributed by atoms with van der Waals surface area (Å²) < 4.78 is 9.50. The second kappa shape index (κ2) is 25.1. The maximum Gasteiger partial charge on any atom is 0.0785 e. The average Bonchev–Trinajstić information content (AvgIpc) is 3.17. The van der Waals surface area contributed by atoms with Crippen molar-refractivity contribution < 1.29 is 9.50 Å². The highest BCUT2D eigenvalue weighted by Gasteiger charge is 2.04. The number of aryl methyl sites for hydroxylation is 1. The lowest BCUT2D eigenvalue weighted by atomic mass is 10.1. The van der Waals surface area contributed by atoms with Crippen molar-refractivity contribution in [1.82, 2.24) is 16.0 Å². The Morgan fingerprint density at radius 1 is 1.18 bits per heavy atom. The number of H-pyrrole nitrogens is 1. The molecule has 28 heavy (non-hydrogen) atoms. The van der Waals surface area contributed by atoms with Gasteiger partial charge in [0.1, 0.15) is 0 Å². The molecule has 2 rings (SSSR count). The number of hydrogen-bond donors (Lipinski definition) is 3. The van der Waals surface area contributed by atoms with Gasteiger partial charge in [-0.05, 0) is 51.9 Å². The maximum absolute atomic E-state index is 9.50. The van der Waals surface area contributed by atoms with Gasteiger partial charge in [0, 0.05) is 30.8 Å². The Morgan fingerprint density at radius 2 is 1.71 bits per heavy atom. The van der Waals surface area contributed by atoms with E-state index in [0.29, 0.717) is 7.18 Å². The van der Waals surface area contributed by atoms with Gasteiger partial charge in [0.05, 0.1) is 7.18 Å². The van der Waals surface area contributed by atoms with Gasteiger partial charge in [-0.1, -0.05) is 43.7 Å². The lowest BCUT2D eigenvalue weighted by Crippen LogP contribution is -2.22. The number of nitrogens with zero attached hydrogens (tertiary/aromatic N) is 1. The Bertz CT molecular complexity index is 582. The van der Waals surface area contributed by atoms with Gasteiger partial charge in [-0.2, -0.15) is 0 Å². The van der Waals surface area contributed by atoms with Crippen LogP contribution in [0.25, 0.3) is 10.9 Å². The summed E-state index contributed by atoms with van der Waals surface area (Å²) in [4.78, 5) is 5.74. The highest BCUT2D eigenvalue weighted by molar-refractivity contribution is 5.82. The molecule has 1 aromatic carbocycles. The number of nitrogens with one attached hydrogen (secondary N) is 1. The summed E-state index contributed by atoms with van der Waals surface area (Å²) in [6.45, 7) is 16.5. The van der Waals surface area contributed by atoms with Crippen molar-refractivity contribution in [3.63, 3.8) is 0 Å². The third-order valence-electron chi connectivity index (χ3n) is 3.67. The summed E-state index contributed by atoms with van der Waals surface area (Å²) in [5.41, 5.74) is 4.12. The van der Waals surface area contributed by atoms with Crippen LogP contribution in [0.4, 0.5) is 4.39 Å². The average molecular weight is 398 g/mol. The predicted octanol–water partition coefficient (Wildman–Crippen LogP) is 6.18. The highest BCUT2D eigenvalue weighted by atomic mass is 19.1. The molecule has 0 saturated heterocycles. The minimum Gasteiger partial charge on any atom is -0.400 e. The minimum atomic E-state index is 0. The van der Waals surface area contributed by atoms with Crippen LogP contribution in [-0.4, -0.2) is 49.4 Å². The third-order valence-corrected chi connectivity index (χ3v) is 3.67. The number of hydrogen-bond acceptors (Lipinski definition) is 3. The summed E-state index contributed by atoms with van der Waals surface area (Å²) >= 11 is 0. The van der Waals surface area contributed by atoms with Crippen molar-refractivity contribution in [1.29, 1.82) is 0 Å². The molecular formula is C23H44FN3O. The normalized spacial score (nSPS) is 9.29. The molecule has 0 atom stereocenters. The van der Waals surface area contributed by atoms with Crippen LogP contribution in [0.15, 0.2) is 55.3 Å². The summed E-state index contributed by atoms with van der Waals surface area (Å²) in [6.07, 6.45) is 6.69. The van der Waals surface area contributed by atoms with E-state index in [1.165, 1.54) is 28.5 Å². The number of benzene rings is 1. The van der Waals surface area contributed by atoms with E-state index in [-0.39, 0.29) is 6.15 Å². The lowest BCUT2D eigenvalue weighted by molar-refractivity contribution is 0.356. The predicted molar refractivity (Wildman–Crippen MR) is 126 cm³/mol. The zero-order valence-electron chi connectivity index (χ0n) is 19.2. The number of halogens is 1. The lowest BCUT2D eigenvalue weighted by Gasteiger charge is -2.16. The molecule has 0 radical (unpaired) electrons. The van der Waals surface area contributed by atoms with E-state index >= 15 is 0 Å². The number of aliphatic hydroxyl groups is 1. The van der Waals surface area contributed by atoms with Crippen LogP contribution in [0, 0.1) is 0 Å². The zero-order chi connectivity index (χ0) is 21.7. The van der Waals surface area contributed by atoms with Crippen molar-refractivity contribution in [3.05, 3.63) is 60.8 Å². The molecule has 0 aliphatic carbocycles. The van der Waals surface area contributed by atoms with E-state index in [4.69, 9.17) is 5.11 Å². The summed E-state index contributed by atoms with van der Waals surface area (Å²) in [7, 11) is 3.70. The maximum atomic E-state index is 9.50. The number of fused-ring (bicyclic) bond motifs is 1. The Balaban J connectivity index is -0.000000285. The first kappa shape index (κ1) is 33.6. The molecule has 0 spiro atoms. The highest BCUT2D eigenvalue weighted by Crippen LogP contribution is 2.18. The standard InChI is InChI=1S/C17H24N2.C2H6.C2H4.CH3F.CH4O.H3N/c1-4-14(2)13-19(3)11-7-8-15-12-18-17-10-6-5-9-16(15)17;4*1-2;/h4-6,9-10,12,18H,7-8,11,13H2,1-3H3;1-2H3;1-2H2;1H3;2H,1H3;1H3/b14-4+;;;;;. The van der Waals surface area contributed by atoms with Crippen LogP contribution >= 0.6 is 0 Å². The molecule has 0 amide bonds. The summed E-state index contributed by atoms with van der Waals surface area (Å²) in [5, 5.41) is 8.37. The van der Waals surface area contributed by atoms with Crippen LogP contribution in [-0.2, 0) is 6.42 Å². The quantitative estimate of drug-likeness (QED) is 0.509. The van der Waals surface area contributed by atoms with Crippen molar-refractivity contribution in [3.8, 4) is 0 Å². The van der Waals surface area contributed by atoms with E-state index in [9.17, 15) is 4.39 Å². The topological polar surface area (TPSA) is 74.3 Å². The number of para-hydroxylation sites is 1. The molecule has 0 saturated carbocycles. The fraction of sp³-hybridized carbons (Fsp3) is 0.478. The second-order valence-electron chi connectivity index (χ2n) is 5.34. The van der Waals surface area contributed by atoms with E-state index in [1.807, 2.05) is 13.8 Å². The molecule has 164 valence electrons. The minimum absolute atomic E-state index is 0. The Hall–Kier alpha value is -1.95. The Labute approximate surface area is 172 Å². The largest absolute Gasteiger partial charge is 0.400 e. The smallest absolute Gasteiger partial charge is 0.0785 e. The van der Waals surface area contributed by atoms with E-state index < -0.39 is 0 Å². The molecule has 0 aliphatic heterocycles. The first-order chi connectivity index (χ1) is 13.2. The van der Waals surface area contributed by atoms with Gasteiger partial charge in [-0.25, -0.2) is 0 Å². The molecule has 2 aromatic rings. The van der Waals surface area contributed by atoms with Crippen molar-refractivity contribution in [2.45, 2.75) is 40.5 Å². The monoisotopic (exact) mass is 397 g/mol. The third kappa shape index (κ3) is 14.2. The van der Waals surface area contributed by atoms with Crippen LogP contribution < -0.4 is 6.15 Å². The van der Waals surface area contributed by atoms with Gasteiger partial charge in [0.25, 0.3) is 0 Å². The molecule has 0 bridgehead atoms. The van der Waals surface area contributed by atoms with Gasteiger partial charge < -0.3 is 21.1 Å². The molecule has 1 aromatic heterocycles. The second-order valence-corrected chi connectivity index (χ2v) is 5.34. The number of alkyl halides is 1. The fourth-order valence-corrected chi connectivity index (χ4v) is 2.47. The molecule has 4 nitrogen and oxygen atoms in total. The number of allylic oxidation sites excluding steroid dienone is 1. The molecule has 0 aliphatic rings. The number of aromatic amines is 1. The zero-order valence-corrected chi connectivity index (χ0v) is 19.2.